The van der Waals surface area contributed by atoms with Crippen molar-refractivity contribution < 1.29 is 13.9 Å². The van der Waals surface area contributed by atoms with Gasteiger partial charge < -0.3 is 4.74 Å². The number of pyridine rings is 1. The Morgan fingerprint density at radius 3 is 3.00 bits per heavy atom. The van der Waals surface area contributed by atoms with Crippen LogP contribution in [0.2, 0.25) is 0 Å². The van der Waals surface area contributed by atoms with E-state index in [4.69, 9.17) is 4.74 Å². The molecule has 1 rings (SSSR count). The highest BCUT2D eigenvalue weighted by atomic mass is 127. The van der Waals surface area contributed by atoms with Crippen molar-refractivity contribution in [1.82, 2.24) is 4.98 Å². The predicted molar refractivity (Wildman–Crippen MR) is 57.2 cm³/mol. The number of carbonyl (C=O) groups is 1. The van der Waals surface area contributed by atoms with Gasteiger partial charge in [-0.2, -0.15) is 0 Å². The molecule has 0 aliphatic carbocycles. The van der Waals surface area contributed by atoms with Gasteiger partial charge in [-0.25, -0.2) is 9.37 Å². The Kier molecular flexibility index (Phi) is 4.24. The molecular weight excluding hydrogens is 300 g/mol. The van der Waals surface area contributed by atoms with Crippen LogP contribution in [0.1, 0.15) is 12.6 Å². The van der Waals surface area contributed by atoms with Crippen molar-refractivity contribution in [3.63, 3.8) is 0 Å². The second kappa shape index (κ2) is 5.23. The van der Waals surface area contributed by atoms with Gasteiger partial charge in [0.25, 0.3) is 0 Å². The fourth-order valence-electron chi connectivity index (χ4n) is 0.930. The van der Waals surface area contributed by atoms with Gasteiger partial charge >= 0.3 is 5.97 Å². The monoisotopic (exact) mass is 309 g/mol. The van der Waals surface area contributed by atoms with Gasteiger partial charge in [-0.1, -0.05) is 0 Å². The van der Waals surface area contributed by atoms with Crippen LogP contribution in [-0.4, -0.2) is 17.6 Å². The smallest absolute Gasteiger partial charge is 0.311 e. The molecule has 0 unspecified atom stereocenters. The topological polar surface area (TPSA) is 39.2 Å². The van der Waals surface area contributed by atoms with Crippen molar-refractivity contribution in [3.8, 4) is 0 Å². The van der Waals surface area contributed by atoms with Crippen LogP contribution in [0.25, 0.3) is 0 Å². The predicted octanol–water partition coefficient (Wildman–Crippen LogP) is 1.93. The molecule has 0 aromatic carbocycles. The molecule has 5 heteroatoms. The van der Waals surface area contributed by atoms with Gasteiger partial charge in [0.1, 0.15) is 9.52 Å². The molecule has 0 atom stereocenters. The number of hydrogen-bond donors (Lipinski definition) is 0. The lowest BCUT2D eigenvalue weighted by atomic mass is 10.2. The van der Waals surface area contributed by atoms with Crippen LogP contribution >= 0.6 is 22.6 Å². The van der Waals surface area contributed by atoms with E-state index in [1.807, 2.05) is 22.6 Å². The number of aromatic nitrogens is 1. The Labute approximate surface area is 94.8 Å². The number of ether oxygens (including phenoxy) is 1. The van der Waals surface area contributed by atoms with Crippen LogP contribution < -0.4 is 0 Å². The van der Waals surface area contributed by atoms with E-state index in [9.17, 15) is 9.18 Å². The van der Waals surface area contributed by atoms with E-state index >= 15 is 0 Å². The second-order valence-corrected chi connectivity index (χ2v) is 3.65. The van der Waals surface area contributed by atoms with Gasteiger partial charge in [0.15, 0.2) is 0 Å². The van der Waals surface area contributed by atoms with Crippen LogP contribution in [-0.2, 0) is 16.0 Å². The van der Waals surface area contributed by atoms with Crippen molar-refractivity contribution in [2.75, 3.05) is 6.61 Å². The molecule has 0 saturated heterocycles. The van der Waals surface area contributed by atoms with Crippen LogP contribution in [0.5, 0.6) is 0 Å². The first-order valence-corrected chi connectivity index (χ1v) is 5.18. The number of halogens is 2. The van der Waals surface area contributed by atoms with E-state index in [0.717, 1.165) is 0 Å². The van der Waals surface area contributed by atoms with E-state index < -0.39 is 11.8 Å². The summed E-state index contributed by atoms with van der Waals surface area (Å²) in [6.07, 6.45) is -0.115. The quantitative estimate of drug-likeness (QED) is 0.486. The molecule has 0 N–H and O–H groups in total. The fraction of sp³-hybridized carbons (Fsp3) is 0.333. The summed E-state index contributed by atoms with van der Waals surface area (Å²) < 4.78 is 18.4. The van der Waals surface area contributed by atoms with Crippen molar-refractivity contribution in [2.45, 2.75) is 13.3 Å². The highest BCUT2D eigenvalue weighted by molar-refractivity contribution is 14.1. The minimum Gasteiger partial charge on any atom is -0.466 e. The molecule has 0 amide bonds. The van der Waals surface area contributed by atoms with Crippen molar-refractivity contribution >= 4 is 28.6 Å². The van der Waals surface area contributed by atoms with Crippen LogP contribution in [0, 0.1) is 9.52 Å². The van der Waals surface area contributed by atoms with E-state index in [2.05, 4.69) is 4.98 Å². The first-order valence-electron chi connectivity index (χ1n) is 4.10. The summed E-state index contributed by atoms with van der Waals surface area (Å²) in [5.41, 5.74) is 0.135. The molecule has 1 aromatic heterocycles. The average molecular weight is 309 g/mol. The number of rotatable bonds is 3. The zero-order chi connectivity index (χ0) is 10.6. The number of hydrogen-bond acceptors (Lipinski definition) is 3. The number of nitrogens with zero attached hydrogens (tertiary/aromatic N) is 1. The average Bonchev–Trinajstić information content (AvgIpc) is 2.12. The lowest BCUT2D eigenvalue weighted by Crippen LogP contribution is -2.10. The molecule has 0 bridgehead atoms. The van der Waals surface area contributed by atoms with E-state index in [-0.39, 0.29) is 12.1 Å². The Morgan fingerprint density at radius 1 is 1.64 bits per heavy atom. The zero-order valence-corrected chi connectivity index (χ0v) is 9.75. The van der Waals surface area contributed by atoms with Gasteiger partial charge in [0.2, 0.25) is 0 Å². The molecule has 0 spiro atoms. The van der Waals surface area contributed by atoms with Gasteiger partial charge in [-0.05, 0) is 41.6 Å². The molecular formula is C9H9FINO2. The maximum absolute atomic E-state index is 13.1. The van der Waals surface area contributed by atoms with E-state index in [1.165, 1.54) is 6.07 Å². The maximum Gasteiger partial charge on any atom is 0.311 e. The van der Waals surface area contributed by atoms with Gasteiger partial charge in [-0.15, -0.1) is 0 Å². The van der Waals surface area contributed by atoms with Gasteiger partial charge in [0.05, 0.1) is 18.7 Å². The highest BCUT2D eigenvalue weighted by Gasteiger charge is 2.10. The van der Waals surface area contributed by atoms with Crippen molar-refractivity contribution in [1.29, 1.82) is 0 Å². The van der Waals surface area contributed by atoms with Crippen molar-refractivity contribution in [2.24, 2.45) is 0 Å². The lowest BCUT2D eigenvalue weighted by Gasteiger charge is -2.02. The van der Waals surface area contributed by atoms with E-state index in [0.29, 0.717) is 10.3 Å². The highest BCUT2D eigenvalue weighted by Crippen LogP contribution is 2.09. The Hall–Kier alpha value is -0.720. The van der Waals surface area contributed by atoms with Gasteiger partial charge in [0, 0.05) is 0 Å². The molecule has 0 aliphatic rings. The van der Waals surface area contributed by atoms with Gasteiger partial charge in [-0.3, -0.25) is 4.79 Å². The number of carbonyl (C=O) groups excluding carboxylic acids is 1. The molecule has 1 heterocycles. The minimum absolute atomic E-state index is 0.115. The zero-order valence-electron chi connectivity index (χ0n) is 7.59. The van der Waals surface area contributed by atoms with Crippen LogP contribution in [0.3, 0.4) is 0 Å². The molecule has 0 saturated carbocycles. The molecule has 0 radical (unpaired) electrons. The summed E-state index contributed by atoms with van der Waals surface area (Å²) in [7, 11) is 0. The SMILES string of the molecule is CCOC(=O)Cc1nc(I)ccc1F. The van der Waals surface area contributed by atoms with Crippen molar-refractivity contribution in [3.05, 3.63) is 27.3 Å². The molecule has 1 aromatic rings. The Morgan fingerprint density at radius 2 is 2.36 bits per heavy atom. The summed E-state index contributed by atoms with van der Waals surface area (Å²) in [5.74, 6) is -0.931. The second-order valence-electron chi connectivity index (χ2n) is 2.54. The summed E-state index contributed by atoms with van der Waals surface area (Å²) in [6.45, 7) is 2.00. The Balaban J connectivity index is 2.75. The normalized spacial score (nSPS) is 9.93. The molecule has 3 nitrogen and oxygen atoms in total. The lowest BCUT2D eigenvalue weighted by molar-refractivity contribution is -0.142. The third-order valence-corrected chi connectivity index (χ3v) is 2.10. The summed E-state index contributed by atoms with van der Waals surface area (Å²) in [6, 6.07) is 2.84. The first kappa shape index (κ1) is 11.4. The van der Waals surface area contributed by atoms with Crippen LogP contribution in [0.15, 0.2) is 12.1 Å². The number of esters is 1. The Bertz CT molecular complexity index is 344. The van der Waals surface area contributed by atoms with E-state index in [1.54, 1.807) is 13.0 Å². The molecule has 14 heavy (non-hydrogen) atoms. The molecule has 0 aliphatic heterocycles. The summed E-state index contributed by atoms with van der Waals surface area (Å²) in [4.78, 5) is 15.0. The largest absolute Gasteiger partial charge is 0.466 e. The maximum atomic E-state index is 13.1. The summed E-state index contributed by atoms with van der Waals surface area (Å²) in [5, 5.41) is 0. The molecule has 0 fully saturated rings. The fourth-order valence-corrected chi connectivity index (χ4v) is 1.40. The standard InChI is InChI=1S/C9H9FINO2/c1-2-14-9(13)5-7-6(10)3-4-8(11)12-7/h3-4H,2,5H2,1H3. The first-order chi connectivity index (χ1) is 6.63. The van der Waals surface area contributed by atoms with Crippen LogP contribution in [0.4, 0.5) is 4.39 Å². The molecule has 76 valence electrons. The third kappa shape index (κ3) is 3.21. The minimum atomic E-state index is -0.474. The third-order valence-electron chi connectivity index (χ3n) is 1.50. The summed E-state index contributed by atoms with van der Waals surface area (Å²) >= 11 is 1.96.